The monoisotopic (exact) mass is 226 g/mol. The lowest BCUT2D eigenvalue weighted by atomic mass is 15.9. The summed E-state index contributed by atoms with van der Waals surface area (Å²) >= 11 is 0. The van der Waals surface area contributed by atoms with Gasteiger partial charge in [0.05, 0.1) is 0 Å². The van der Waals surface area contributed by atoms with Crippen LogP contribution < -0.4 is 0 Å². The minimum absolute atomic E-state index is 5.83. The van der Waals surface area contributed by atoms with Crippen LogP contribution in [0.2, 0.25) is 0 Å². The molecule has 0 aromatic heterocycles. The summed E-state index contributed by atoms with van der Waals surface area (Å²) < 4.78 is 74.4. The molecule has 0 unspecified atom stereocenters. The molecule has 0 atom stereocenters. The second-order valence-electron chi connectivity index (χ2n) is 1.26. The number of hydrogen-bond acceptors (Lipinski definition) is 6. The summed E-state index contributed by atoms with van der Waals surface area (Å²) in [5.74, 6) is 0. The normalized spacial score (nSPS) is 14.7. The lowest BCUT2D eigenvalue weighted by molar-refractivity contribution is 0.484. The van der Waals surface area contributed by atoms with Crippen LogP contribution in [0, 0.1) is 0 Å². The Kier molecular flexibility index (Phi) is 2.33. The van der Waals surface area contributed by atoms with E-state index in [1.165, 1.54) is 0 Å². The average molecular weight is 226 g/mol. The summed E-state index contributed by atoms with van der Waals surface area (Å²) in [5, 5.41) is 0. The Morgan fingerprint density at radius 2 is 0.818 bits per heavy atom. The van der Waals surface area contributed by atoms with E-state index in [1.54, 1.807) is 0 Å². The first-order valence-corrected chi connectivity index (χ1v) is 7.10. The molecule has 68 valence electrons. The first-order valence-electron chi connectivity index (χ1n) is 1.70. The summed E-state index contributed by atoms with van der Waals surface area (Å²) in [7, 11) is -17.6. The highest BCUT2D eigenvalue weighted by Crippen LogP contribution is 2.06. The fourth-order valence-electron chi connectivity index (χ4n) is 0.109. The summed E-state index contributed by atoms with van der Waals surface area (Å²) in [5.41, 5.74) is 0. The third kappa shape index (κ3) is 1.87. The topological polar surface area (TPSA) is 143 Å². The molecule has 0 bridgehead atoms. The van der Waals surface area contributed by atoms with Crippen molar-refractivity contribution in [2.45, 2.75) is 0 Å². The zero-order chi connectivity index (χ0) is 9.50. The first-order chi connectivity index (χ1) is 4.50. The largest absolute Gasteiger partial charge is 0.406 e. The van der Waals surface area contributed by atoms with Gasteiger partial charge in [-0.3, -0.25) is 9.11 Å². The summed E-state index contributed by atoms with van der Waals surface area (Å²) in [6.07, 6.45) is 0. The lowest BCUT2D eigenvalue weighted by Crippen LogP contribution is -2.22. The molecule has 8 nitrogen and oxygen atoms in total. The molecule has 0 aromatic carbocycles. The van der Waals surface area contributed by atoms with Crippen LogP contribution in [-0.4, -0.2) is 34.4 Å². The van der Waals surface area contributed by atoms with Crippen LogP contribution in [0.15, 0.2) is 0 Å². The Morgan fingerprint density at radius 3 is 0.818 bits per heavy atom. The molecule has 0 aromatic rings. The number of rotatable bonds is 2. The highest BCUT2D eigenvalue weighted by Gasteiger charge is 2.40. The van der Waals surface area contributed by atoms with Crippen molar-refractivity contribution in [2.24, 2.45) is 0 Å². The van der Waals surface area contributed by atoms with Crippen molar-refractivity contribution >= 4 is 26.2 Å². The zero-order valence-electron chi connectivity index (χ0n) is 4.57. The van der Waals surface area contributed by atoms with Crippen LogP contribution in [0.1, 0.15) is 0 Å². The van der Waals surface area contributed by atoms with Crippen molar-refractivity contribution in [3.05, 3.63) is 0 Å². The van der Waals surface area contributed by atoms with E-state index in [0.29, 0.717) is 0 Å². The van der Waals surface area contributed by atoms with Crippen molar-refractivity contribution in [2.75, 3.05) is 0 Å². The fraction of sp³-hybridized carbons (Fsp3) is 0. The van der Waals surface area contributed by atoms with E-state index in [2.05, 4.69) is 0 Å². The maximum atomic E-state index is 10.00. The van der Waals surface area contributed by atoms with Crippen molar-refractivity contribution in [1.82, 2.24) is 0 Å². The van der Waals surface area contributed by atoms with E-state index >= 15 is 0 Å². The van der Waals surface area contributed by atoms with E-state index < -0.39 is 26.2 Å². The lowest BCUT2D eigenvalue weighted by Gasteiger charge is -1.93. The second-order valence-corrected chi connectivity index (χ2v) is 9.58. The third-order valence-electron chi connectivity index (χ3n) is 0.516. The predicted molar refractivity (Wildman–Crippen MR) is 32.0 cm³/mol. The quantitative estimate of drug-likeness (QED) is 0.406. The van der Waals surface area contributed by atoms with Gasteiger partial charge in [0.25, 0.3) is 0 Å². The van der Waals surface area contributed by atoms with E-state index in [1.807, 2.05) is 0 Å². The van der Waals surface area contributed by atoms with Crippen LogP contribution in [0.25, 0.3) is 0 Å². The molecule has 11 heteroatoms. The number of hydrogen-bond donors (Lipinski definition) is 2. The van der Waals surface area contributed by atoms with E-state index in [-0.39, 0.29) is 0 Å². The minimum Gasteiger partial charge on any atom is -0.273 e. The fourth-order valence-corrected chi connectivity index (χ4v) is 2.93. The Labute approximate surface area is 61.1 Å². The molecule has 0 amide bonds. The van der Waals surface area contributed by atoms with Gasteiger partial charge in [0.1, 0.15) is 0 Å². The molecular weight excluding hydrogens is 224 g/mol. The van der Waals surface area contributed by atoms with Crippen LogP contribution in [0.4, 0.5) is 0 Å². The maximum Gasteiger partial charge on any atom is 0.406 e. The Balaban J connectivity index is 5.92. The molecule has 2 N–H and O–H groups in total. The molecular formula is H2O8S3. The van der Waals surface area contributed by atoms with Gasteiger partial charge >= 0.3 is 26.2 Å². The Hall–Kier alpha value is -0.230. The molecule has 0 rings (SSSR count). The molecule has 0 aliphatic rings. The van der Waals surface area contributed by atoms with Crippen LogP contribution in [0.5, 0.6) is 0 Å². The van der Waals surface area contributed by atoms with Crippen molar-refractivity contribution < 1.29 is 34.4 Å². The molecule has 0 heterocycles. The van der Waals surface area contributed by atoms with Gasteiger partial charge in [-0.05, 0) is 0 Å². The first kappa shape index (κ1) is 10.8. The SMILES string of the molecule is O=S(=O)(O)S(=O)(=O)S(=O)(=O)O. The summed E-state index contributed by atoms with van der Waals surface area (Å²) in [6.45, 7) is 0. The van der Waals surface area contributed by atoms with Crippen LogP contribution >= 0.6 is 0 Å². The zero-order valence-corrected chi connectivity index (χ0v) is 7.02. The Bertz CT molecular complexity index is 388. The molecule has 0 aliphatic heterocycles. The molecule has 0 saturated carbocycles. The maximum absolute atomic E-state index is 10.00. The van der Waals surface area contributed by atoms with Gasteiger partial charge in [-0.15, -0.1) is 0 Å². The van der Waals surface area contributed by atoms with E-state index in [0.717, 1.165) is 0 Å². The van der Waals surface area contributed by atoms with Gasteiger partial charge in [-0.1, -0.05) is 0 Å². The summed E-state index contributed by atoms with van der Waals surface area (Å²) in [4.78, 5) is 0. The molecule has 11 heavy (non-hydrogen) atoms. The average Bonchev–Trinajstić information content (AvgIpc) is 1.58. The van der Waals surface area contributed by atoms with E-state index in [4.69, 9.17) is 9.11 Å². The van der Waals surface area contributed by atoms with Gasteiger partial charge in [-0.25, -0.2) is 0 Å². The molecule has 0 aliphatic carbocycles. The third-order valence-corrected chi connectivity index (χ3v) is 7.74. The molecule has 0 fully saturated rings. The van der Waals surface area contributed by atoms with Gasteiger partial charge in [-0.2, -0.15) is 25.3 Å². The van der Waals surface area contributed by atoms with Crippen LogP contribution in [0.3, 0.4) is 0 Å². The van der Waals surface area contributed by atoms with Crippen molar-refractivity contribution in [1.29, 1.82) is 0 Å². The van der Waals surface area contributed by atoms with Gasteiger partial charge in [0, 0.05) is 0 Å². The molecule has 0 spiro atoms. The molecule has 0 radical (unpaired) electrons. The second kappa shape index (κ2) is 2.38. The highest BCUT2D eigenvalue weighted by molar-refractivity contribution is 8.97. The van der Waals surface area contributed by atoms with Crippen molar-refractivity contribution in [3.8, 4) is 0 Å². The van der Waals surface area contributed by atoms with Gasteiger partial charge in [0.15, 0.2) is 0 Å². The minimum atomic E-state index is -5.96. The smallest absolute Gasteiger partial charge is 0.273 e. The van der Waals surface area contributed by atoms with Crippen LogP contribution in [-0.2, 0) is 26.2 Å². The van der Waals surface area contributed by atoms with Crippen molar-refractivity contribution in [3.63, 3.8) is 0 Å². The van der Waals surface area contributed by atoms with E-state index in [9.17, 15) is 25.3 Å². The Morgan fingerprint density at radius 1 is 0.636 bits per heavy atom. The standard InChI is InChI=1S/H2O8S3/c1-9(2,3)11(7,8)10(4,5)6/h(H,1,2,3)(H,4,5,6). The highest BCUT2D eigenvalue weighted by atomic mass is 33.6. The van der Waals surface area contributed by atoms with Gasteiger partial charge < -0.3 is 0 Å². The molecule has 0 saturated heterocycles. The predicted octanol–water partition coefficient (Wildman–Crippen LogP) is -1.99. The van der Waals surface area contributed by atoms with Gasteiger partial charge in [0.2, 0.25) is 0 Å². The summed E-state index contributed by atoms with van der Waals surface area (Å²) in [6, 6.07) is 0.